The molecule has 4 aromatic heterocycles. The Bertz CT molecular complexity index is 1730. The Morgan fingerprint density at radius 1 is 0.978 bits per heavy atom. The highest BCUT2D eigenvalue weighted by Crippen LogP contribution is 2.33. The Balaban J connectivity index is 1.59. The molecule has 1 amide bonds. The van der Waals surface area contributed by atoms with E-state index in [9.17, 15) is 14.9 Å². The maximum absolute atomic E-state index is 12.5. The van der Waals surface area contributed by atoms with Gasteiger partial charge >= 0.3 is 12.1 Å². The van der Waals surface area contributed by atoms with Crippen molar-refractivity contribution in [2.45, 2.75) is 124 Å². The van der Waals surface area contributed by atoms with Crippen LogP contribution < -0.4 is 5.32 Å². The number of esters is 1. The summed E-state index contributed by atoms with van der Waals surface area (Å²) in [5, 5.41) is 18.3. The number of nitriles is 1. The smallest absolute Gasteiger partial charge is 0.408 e. The number of nitrogens with one attached hydrogen (secondary N) is 1. The molecule has 1 N–H and O–H groups in total. The summed E-state index contributed by atoms with van der Waals surface area (Å²) in [6.45, 7) is 15.9. The van der Waals surface area contributed by atoms with Crippen molar-refractivity contribution >= 4 is 28.6 Å². The number of carbonyl (C=O) groups excluding carboxylic acids is 2. The van der Waals surface area contributed by atoms with Gasteiger partial charge < -0.3 is 19.4 Å². The van der Waals surface area contributed by atoms with Gasteiger partial charge in [-0.25, -0.2) is 14.3 Å². The second-order valence-corrected chi connectivity index (χ2v) is 13.8. The molecule has 0 radical (unpaired) electrons. The van der Waals surface area contributed by atoms with Crippen molar-refractivity contribution in [3.8, 4) is 17.5 Å². The van der Waals surface area contributed by atoms with E-state index in [0.717, 1.165) is 84.3 Å². The molecule has 0 fully saturated rings. The third kappa shape index (κ3) is 8.87. The highest BCUT2D eigenvalue weighted by Gasteiger charge is 2.22. The molecule has 0 spiro atoms. The summed E-state index contributed by atoms with van der Waals surface area (Å²) in [6, 6.07) is 11.7. The topological polar surface area (TPSA) is 124 Å². The predicted molar refractivity (Wildman–Crippen MR) is 179 cm³/mol. The minimum absolute atomic E-state index is 0.144. The molecule has 4 aromatic rings. The van der Waals surface area contributed by atoms with Crippen molar-refractivity contribution in [2.24, 2.45) is 0 Å². The lowest BCUT2D eigenvalue weighted by Crippen LogP contribution is -2.34. The first-order chi connectivity index (χ1) is 21.7. The van der Waals surface area contributed by atoms with Gasteiger partial charge in [0.25, 0.3) is 0 Å². The van der Waals surface area contributed by atoms with Crippen LogP contribution in [0, 0.1) is 11.3 Å². The van der Waals surface area contributed by atoms with Crippen LogP contribution in [0.5, 0.6) is 0 Å². The van der Waals surface area contributed by atoms with E-state index < -0.39 is 17.3 Å². The van der Waals surface area contributed by atoms with E-state index in [0.29, 0.717) is 12.0 Å². The maximum atomic E-state index is 12.5. The van der Waals surface area contributed by atoms with E-state index in [-0.39, 0.29) is 12.0 Å². The normalized spacial score (nSPS) is 12.7. The minimum Gasteiger partial charge on any atom is -0.460 e. The van der Waals surface area contributed by atoms with Crippen molar-refractivity contribution in [1.29, 1.82) is 5.26 Å². The van der Waals surface area contributed by atoms with E-state index in [1.165, 1.54) is 0 Å². The lowest BCUT2D eigenvalue weighted by Gasteiger charge is -2.22. The number of amides is 1. The number of alkyl carbamates (subject to hydrolysis) is 1. The van der Waals surface area contributed by atoms with Gasteiger partial charge in [0.15, 0.2) is 0 Å². The van der Waals surface area contributed by atoms with Crippen LogP contribution in [0.1, 0.15) is 117 Å². The number of nitrogens with zero attached hydrogens (tertiary/aromatic N) is 5. The van der Waals surface area contributed by atoms with Gasteiger partial charge in [-0.05, 0) is 98.1 Å². The number of aryl methyl sites for hydroxylation is 2. The molecule has 0 aliphatic rings. The summed E-state index contributed by atoms with van der Waals surface area (Å²) < 4.78 is 14.9. The third-order valence-electron chi connectivity index (χ3n) is 7.58. The van der Waals surface area contributed by atoms with E-state index >= 15 is 0 Å². The van der Waals surface area contributed by atoms with Crippen LogP contribution in [-0.2, 0) is 27.2 Å². The van der Waals surface area contributed by atoms with Gasteiger partial charge in [0.1, 0.15) is 28.6 Å². The van der Waals surface area contributed by atoms with Gasteiger partial charge in [0.05, 0.1) is 28.5 Å². The Morgan fingerprint density at radius 2 is 1.67 bits per heavy atom. The van der Waals surface area contributed by atoms with Crippen LogP contribution in [0.25, 0.3) is 27.9 Å². The Hall–Kier alpha value is -4.39. The van der Waals surface area contributed by atoms with E-state index in [4.69, 9.17) is 19.6 Å². The lowest BCUT2D eigenvalue weighted by atomic mass is 10.1. The number of carbonyl (C=O) groups is 2. The van der Waals surface area contributed by atoms with Gasteiger partial charge in [-0.2, -0.15) is 10.4 Å². The van der Waals surface area contributed by atoms with Crippen LogP contribution in [-0.4, -0.2) is 42.4 Å². The molecular formula is C36H48N6O4. The maximum Gasteiger partial charge on any atom is 0.408 e. The largest absolute Gasteiger partial charge is 0.460 e. The number of aromatic nitrogens is 4. The van der Waals surface area contributed by atoms with Crippen molar-refractivity contribution in [3.63, 3.8) is 0 Å². The number of pyridine rings is 2. The zero-order chi connectivity index (χ0) is 33.6. The average Bonchev–Trinajstić information content (AvgIpc) is 3.51. The fourth-order valence-corrected chi connectivity index (χ4v) is 5.55. The number of hydrogen-bond acceptors (Lipinski definition) is 7. The predicted octanol–water partition coefficient (Wildman–Crippen LogP) is 8.05. The van der Waals surface area contributed by atoms with Crippen LogP contribution >= 0.6 is 0 Å². The molecule has 0 aliphatic carbocycles. The molecule has 4 rings (SSSR count). The SMILES string of the molecule is CCc1c(-c2cc3ccc([C@@H](C)NC(=O)OC(C)(C)C)nc3n2CCCCCCCC(=O)OC(C)(C)C)nn2cc(C#N)ccc12. The van der Waals surface area contributed by atoms with Crippen molar-refractivity contribution < 1.29 is 19.1 Å². The van der Waals surface area contributed by atoms with Gasteiger partial charge in [-0.1, -0.05) is 26.2 Å². The van der Waals surface area contributed by atoms with Crippen LogP contribution in [0.15, 0.2) is 36.5 Å². The van der Waals surface area contributed by atoms with Gasteiger partial charge in [-0.15, -0.1) is 0 Å². The minimum atomic E-state index is -0.598. The zero-order valence-corrected chi connectivity index (χ0v) is 28.6. The average molecular weight is 629 g/mol. The lowest BCUT2D eigenvalue weighted by molar-refractivity contribution is -0.154. The number of fused-ring (bicyclic) bond motifs is 2. The summed E-state index contributed by atoms with van der Waals surface area (Å²) in [7, 11) is 0. The fourth-order valence-electron chi connectivity index (χ4n) is 5.55. The first-order valence-electron chi connectivity index (χ1n) is 16.3. The quantitative estimate of drug-likeness (QED) is 0.124. The molecule has 1 atom stereocenters. The second kappa shape index (κ2) is 14.4. The Labute approximate surface area is 272 Å². The van der Waals surface area contributed by atoms with E-state index in [1.54, 1.807) is 10.7 Å². The Morgan fingerprint density at radius 3 is 2.35 bits per heavy atom. The van der Waals surface area contributed by atoms with Crippen molar-refractivity contribution in [1.82, 2.24) is 24.5 Å². The standard InChI is InChI=1S/C36H48N6O4/c1-9-27-29-19-16-25(22-37)23-42(29)40-32(27)30-21-26-17-18-28(24(2)38-34(44)46-36(6,7)8)39-33(26)41(30)20-14-12-10-11-13-15-31(43)45-35(3,4)5/h16-19,21,23-24H,9-15,20H2,1-8H3,(H,38,44)/t24-/m1/s1. The molecule has 0 aliphatic heterocycles. The molecule has 0 saturated heterocycles. The molecule has 0 aromatic carbocycles. The summed E-state index contributed by atoms with van der Waals surface area (Å²) in [6.07, 6.45) is 7.20. The van der Waals surface area contributed by atoms with E-state index in [1.807, 2.05) is 72.7 Å². The molecule has 0 saturated carbocycles. The number of unbranched alkanes of at least 4 members (excludes halogenated alkanes) is 4. The van der Waals surface area contributed by atoms with Gasteiger partial charge in [-0.3, -0.25) is 4.79 Å². The monoisotopic (exact) mass is 628 g/mol. The Kier molecular flexibility index (Phi) is 10.8. The second-order valence-electron chi connectivity index (χ2n) is 13.8. The van der Waals surface area contributed by atoms with E-state index in [2.05, 4.69) is 28.9 Å². The summed E-state index contributed by atoms with van der Waals surface area (Å²) in [4.78, 5) is 29.6. The van der Waals surface area contributed by atoms with Crippen molar-refractivity contribution in [3.05, 3.63) is 53.3 Å². The highest BCUT2D eigenvalue weighted by molar-refractivity contribution is 5.86. The van der Waals surface area contributed by atoms with Crippen molar-refractivity contribution in [2.75, 3.05) is 0 Å². The summed E-state index contributed by atoms with van der Waals surface area (Å²) >= 11 is 0. The molecule has 10 heteroatoms. The first kappa shape index (κ1) is 34.5. The van der Waals surface area contributed by atoms with Crippen LogP contribution in [0.3, 0.4) is 0 Å². The highest BCUT2D eigenvalue weighted by atomic mass is 16.6. The number of hydrogen-bond donors (Lipinski definition) is 1. The zero-order valence-electron chi connectivity index (χ0n) is 28.6. The molecule has 10 nitrogen and oxygen atoms in total. The molecular weight excluding hydrogens is 580 g/mol. The van der Waals surface area contributed by atoms with Gasteiger partial charge in [0, 0.05) is 30.1 Å². The first-order valence-corrected chi connectivity index (χ1v) is 16.3. The summed E-state index contributed by atoms with van der Waals surface area (Å²) in [5.41, 5.74) is 4.98. The molecule has 0 bridgehead atoms. The van der Waals surface area contributed by atoms with Crippen LogP contribution in [0.4, 0.5) is 4.79 Å². The molecule has 46 heavy (non-hydrogen) atoms. The molecule has 4 heterocycles. The summed E-state index contributed by atoms with van der Waals surface area (Å²) in [5.74, 6) is -0.144. The number of ether oxygens (including phenoxy) is 2. The third-order valence-corrected chi connectivity index (χ3v) is 7.58. The number of rotatable bonds is 12. The van der Waals surface area contributed by atoms with Crippen LogP contribution in [0.2, 0.25) is 0 Å². The van der Waals surface area contributed by atoms with Gasteiger partial charge in [0.2, 0.25) is 0 Å². The molecule has 246 valence electrons. The molecule has 0 unspecified atom stereocenters. The fraction of sp³-hybridized carbons (Fsp3) is 0.528.